The van der Waals surface area contributed by atoms with Gasteiger partial charge in [0.25, 0.3) is 0 Å². The molecule has 7 nitrogen and oxygen atoms in total. The van der Waals surface area contributed by atoms with Crippen LogP contribution in [0.25, 0.3) is 11.0 Å². The molecule has 3 aromatic rings. The normalized spacial score (nSPS) is 14.8. The summed E-state index contributed by atoms with van der Waals surface area (Å²) in [5, 5.41) is 10.6. The predicted octanol–water partition coefficient (Wildman–Crippen LogP) is 3.84. The van der Waals surface area contributed by atoms with E-state index in [9.17, 15) is 5.11 Å². The predicted molar refractivity (Wildman–Crippen MR) is 115 cm³/mol. The molecule has 0 bridgehead atoms. The van der Waals surface area contributed by atoms with Crippen LogP contribution in [0.5, 0.6) is 5.75 Å². The molecule has 0 spiro atoms. The number of anilines is 1. The van der Waals surface area contributed by atoms with Gasteiger partial charge in [0.1, 0.15) is 23.7 Å². The number of hydrogen-bond donors (Lipinski definition) is 3. The number of aromatic amines is 1. The number of fused-ring (bicyclic) bond motifs is 1. The van der Waals surface area contributed by atoms with Gasteiger partial charge in [-0.3, -0.25) is 4.90 Å². The maximum absolute atomic E-state index is 10.6. The number of pyridine rings is 1. The molecule has 0 amide bonds. The van der Waals surface area contributed by atoms with Crippen molar-refractivity contribution in [2.75, 3.05) is 25.4 Å². The number of H-pyrrole nitrogens is 1. The van der Waals surface area contributed by atoms with E-state index in [1.165, 1.54) is 24.6 Å². The van der Waals surface area contributed by atoms with Gasteiger partial charge in [-0.25, -0.2) is 9.97 Å². The molecule has 0 aliphatic carbocycles. The molecule has 8 heteroatoms. The van der Waals surface area contributed by atoms with Gasteiger partial charge < -0.3 is 20.6 Å². The minimum atomic E-state index is 0.283. The number of hydrogen-bond acceptors (Lipinski definition) is 7. The Morgan fingerprint density at radius 3 is 2.79 bits per heavy atom. The summed E-state index contributed by atoms with van der Waals surface area (Å²) >= 11 is 1.47. The fourth-order valence-corrected chi connectivity index (χ4v) is 4.65. The van der Waals surface area contributed by atoms with Crippen LogP contribution in [0, 0.1) is 6.92 Å². The number of likely N-dealkylation sites (tertiary alicyclic amines) is 1. The van der Waals surface area contributed by atoms with Crippen LogP contribution in [0.2, 0.25) is 0 Å². The third-order valence-corrected chi connectivity index (χ3v) is 6.39. The molecule has 0 saturated carbocycles. The van der Waals surface area contributed by atoms with E-state index in [2.05, 4.69) is 25.9 Å². The molecule has 1 aromatic carbocycles. The van der Waals surface area contributed by atoms with Crippen LogP contribution in [0.15, 0.2) is 28.0 Å². The minimum Gasteiger partial charge on any atom is -0.507 e. The van der Waals surface area contributed by atoms with Gasteiger partial charge in [-0.1, -0.05) is 17.8 Å². The van der Waals surface area contributed by atoms with Crippen LogP contribution in [-0.4, -0.2) is 44.7 Å². The molecule has 4 N–H and O–H groups in total. The number of phenols is 1. The summed E-state index contributed by atoms with van der Waals surface area (Å²) in [7, 11) is 0. The Balaban J connectivity index is 1.62. The Bertz CT molecular complexity index is 1010. The molecule has 29 heavy (non-hydrogen) atoms. The molecular weight excluding hydrogens is 386 g/mol. The second kappa shape index (κ2) is 8.61. The van der Waals surface area contributed by atoms with E-state index < -0.39 is 0 Å². The average Bonchev–Trinajstić information content (AvgIpc) is 3.35. The van der Waals surface area contributed by atoms with Gasteiger partial charge in [0, 0.05) is 13.2 Å². The standard InChI is InChI=1S/C21H27N5O2S/c1-3-28-12-17-24-18-19(25-17)21(22)23-13(2)20(18)29-16-7-6-14(10-15(16)27)11-26-8-4-5-9-26/h6-7,10,27H,3-5,8-9,11-12H2,1-2H3,(H2,22,23)(H,24,25). The molecule has 1 fully saturated rings. The van der Waals surface area contributed by atoms with E-state index in [1.807, 2.05) is 26.0 Å². The van der Waals surface area contributed by atoms with Gasteiger partial charge in [-0.15, -0.1) is 0 Å². The smallest absolute Gasteiger partial charge is 0.151 e. The van der Waals surface area contributed by atoms with Crippen LogP contribution in [-0.2, 0) is 17.9 Å². The van der Waals surface area contributed by atoms with Crippen LogP contribution in [0.4, 0.5) is 5.82 Å². The molecule has 0 atom stereocenters. The van der Waals surface area contributed by atoms with E-state index in [0.717, 1.165) is 46.2 Å². The van der Waals surface area contributed by atoms with E-state index in [1.54, 1.807) is 0 Å². The van der Waals surface area contributed by atoms with Crippen molar-refractivity contribution in [2.45, 2.75) is 49.6 Å². The monoisotopic (exact) mass is 413 g/mol. The number of phenolic OH excluding ortho intramolecular Hbond substituents is 1. The van der Waals surface area contributed by atoms with E-state index in [0.29, 0.717) is 30.4 Å². The highest BCUT2D eigenvalue weighted by atomic mass is 32.2. The lowest BCUT2D eigenvalue weighted by atomic mass is 10.2. The first-order valence-electron chi connectivity index (χ1n) is 9.99. The first-order chi connectivity index (χ1) is 14.0. The van der Waals surface area contributed by atoms with Gasteiger partial charge >= 0.3 is 0 Å². The van der Waals surface area contributed by atoms with E-state index >= 15 is 0 Å². The Labute approximate surface area is 174 Å². The highest BCUT2D eigenvalue weighted by molar-refractivity contribution is 7.99. The topological polar surface area (TPSA) is 100 Å². The lowest BCUT2D eigenvalue weighted by Crippen LogP contribution is -2.18. The van der Waals surface area contributed by atoms with Crippen molar-refractivity contribution in [3.63, 3.8) is 0 Å². The number of nitrogen functional groups attached to an aromatic ring is 1. The van der Waals surface area contributed by atoms with Crippen molar-refractivity contribution in [3.8, 4) is 5.75 Å². The molecule has 0 radical (unpaired) electrons. The number of nitrogens with two attached hydrogens (primary N) is 1. The van der Waals surface area contributed by atoms with Gasteiger partial charge in [0.05, 0.1) is 21.0 Å². The quantitative estimate of drug-likeness (QED) is 0.541. The van der Waals surface area contributed by atoms with Gasteiger partial charge in [0.15, 0.2) is 5.82 Å². The summed E-state index contributed by atoms with van der Waals surface area (Å²) < 4.78 is 5.46. The zero-order valence-electron chi connectivity index (χ0n) is 16.9. The average molecular weight is 414 g/mol. The van der Waals surface area contributed by atoms with Crippen LogP contribution >= 0.6 is 11.8 Å². The number of nitrogens with one attached hydrogen (secondary N) is 1. The Morgan fingerprint density at radius 2 is 2.07 bits per heavy atom. The SMILES string of the molecule is CCOCc1nc2c(N)nc(C)c(Sc3ccc(CN4CCCC4)cc3O)c2[nH]1. The minimum absolute atomic E-state index is 0.283. The number of nitrogens with zero attached hydrogens (tertiary/aromatic N) is 3. The van der Waals surface area contributed by atoms with Gasteiger partial charge in [-0.2, -0.15) is 0 Å². The van der Waals surface area contributed by atoms with Crippen molar-refractivity contribution < 1.29 is 9.84 Å². The van der Waals surface area contributed by atoms with Crippen molar-refractivity contribution in [3.05, 3.63) is 35.3 Å². The van der Waals surface area contributed by atoms with Crippen molar-refractivity contribution in [1.82, 2.24) is 19.9 Å². The molecule has 4 rings (SSSR count). The molecular formula is C21H27N5O2S. The maximum atomic E-state index is 10.6. The Hall–Kier alpha value is -2.29. The summed E-state index contributed by atoms with van der Waals surface area (Å²) in [6.45, 7) is 8.02. The fourth-order valence-electron chi connectivity index (χ4n) is 3.69. The van der Waals surface area contributed by atoms with Crippen LogP contribution < -0.4 is 5.73 Å². The number of aryl methyl sites for hydroxylation is 1. The highest BCUT2D eigenvalue weighted by Gasteiger charge is 2.18. The largest absolute Gasteiger partial charge is 0.507 e. The first kappa shape index (κ1) is 20.0. The summed E-state index contributed by atoms with van der Waals surface area (Å²) in [4.78, 5) is 16.4. The molecule has 154 valence electrons. The summed E-state index contributed by atoms with van der Waals surface area (Å²) in [6, 6.07) is 5.93. The molecule has 3 heterocycles. The molecule has 1 aliphatic heterocycles. The van der Waals surface area contributed by atoms with Crippen LogP contribution in [0.1, 0.15) is 36.8 Å². The van der Waals surface area contributed by atoms with Crippen LogP contribution in [0.3, 0.4) is 0 Å². The Kier molecular flexibility index (Phi) is 5.94. The maximum Gasteiger partial charge on any atom is 0.151 e. The summed E-state index contributed by atoms with van der Waals surface area (Å²) in [6.07, 6.45) is 2.52. The number of ether oxygens (including phenoxy) is 1. The third kappa shape index (κ3) is 4.34. The highest BCUT2D eigenvalue weighted by Crippen LogP contribution is 2.40. The zero-order chi connectivity index (χ0) is 20.4. The number of benzene rings is 1. The fraction of sp³-hybridized carbons (Fsp3) is 0.429. The van der Waals surface area contributed by atoms with Gasteiger partial charge in [0.2, 0.25) is 0 Å². The number of aromatic nitrogens is 3. The third-order valence-electron chi connectivity index (χ3n) is 5.12. The van der Waals surface area contributed by atoms with E-state index in [-0.39, 0.29) is 5.75 Å². The zero-order valence-corrected chi connectivity index (χ0v) is 17.7. The van der Waals surface area contributed by atoms with Crippen molar-refractivity contribution >= 4 is 28.6 Å². The van der Waals surface area contributed by atoms with Crippen molar-refractivity contribution in [2.24, 2.45) is 0 Å². The van der Waals surface area contributed by atoms with Gasteiger partial charge in [-0.05, 0) is 57.5 Å². The first-order valence-corrected chi connectivity index (χ1v) is 10.8. The molecule has 1 aliphatic rings. The Morgan fingerprint density at radius 1 is 1.28 bits per heavy atom. The number of imidazole rings is 1. The molecule has 2 aromatic heterocycles. The number of aromatic hydroxyl groups is 1. The second-order valence-electron chi connectivity index (χ2n) is 7.34. The lowest BCUT2D eigenvalue weighted by Gasteiger charge is -2.15. The summed E-state index contributed by atoms with van der Waals surface area (Å²) in [5.41, 5.74) is 9.49. The summed E-state index contributed by atoms with van der Waals surface area (Å²) in [5.74, 6) is 1.39. The van der Waals surface area contributed by atoms with E-state index in [4.69, 9.17) is 10.5 Å². The molecule has 0 unspecified atom stereocenters. The number of rotatable bonds is 7. The molecule has 1 saturated heterocycles. The van der Waals surface area contributed by atoms with Crippen molar-refractivity contribution in [1.29, 1.82) is 0 Å². The second-order valence-corrected chi connectivity index (χ2v) is 8.40. The lowest BCUT2D eigenvalue weighted by molar-refractivity contribution is 0.129.